The summed E-state index contributed by atoms with van der Waals surface area (Å²) in [5.74, 6) is -0.0407. The van der Waals surface area contributed by atoms with Crippen LogP contribution in [0.4, 0.5) is 0 Å². The summed E-state index contributed by atoms with van der Waals surface area (Å²) < 4.78 is 0. The van der Waals surface area contributed by atoms with Gasteiger partial charge in [0, 0.05) is 0 Å². The average Bonchev–Trinajstić information content (AvgIpc) is 1.77. The lowest BCUT2D eigenvalue weighted by Crippen LogP contribution is -1.96. The highest BCUT2D eigenvalue weighted by atomic mass is 16.1. The molecule has 0 radical (unpaired) electrons. The fourth-order valence-corrected chi connectivity index (χ4v) is 0.455. The maximum Gasteiger partial charge on any atom is 0.178 e. The Hall–Kier alpha value is -1.30. The minimum absolute atomic E-state index is 0. The molecule has 1 rings (SSSR count). The second-order valence-electron chi connectivity index (χ2n) is 1.52. The SMILES string of the molecule is N=C1C=CC(=O)C=C1.O.O.O. The normalized spacial score (nSPS) is 12.7. The van der Waals surface area contributed by atoms with Gasteiger partial charge in [-0.2, -0.15) is 0 Å². The maximum atomic E-state index is 10.3. The van der Waals surface area contributed by atoms with Crippen LogP contribution in [0, 0.1) is 5.41 Å². The molecule has 0 aromatic heterocycles. The minimum Gasteiger partial charge on any atom is -0.412 e. The van der Waals surface area contributed by atoms with Crippen LogP contribution in [0.25, 0.3) is 0 Å². The number of rotatable bonds is 0. The third-order valence-corrected chi connectivity index (χ3v) is 0.854. The maximum absolute atomic E-state index is 10.3. The van der Waals surface area contributed by atoms with Gasteiger partial charge in [-0.1, -0.05) is 0 Å². The predicted molar refractivity (Wildman–Crippen MR) is 41.9 cm³/mol. The van der Waals surface area contributed by atoms with Crippen LogP contribution in [0.15, 0.2) is 24.3 Å². The van der Waals surface area contributed by atoms with Crippen LogP contribution in [0.1, 0.15) is 0 Å². The number of carbonyl (C=O) groups excluding carboxylic acids is 1. The van der Waals surface area contributed by atoms with E-state index in [-0.39, 0.29) is 22.2 Å². The van der Waals surface area contributed by atoms with Gasteiger partial charge >= 0.3 is 0 Å². The van der Waals surface area contributed by atoms with Crippen LogP contribution in [0.3, 0.4) is 0 Å². The van der Waals surface area contributed by atoms with Crippen molar-refractivity contribution in [1.82, 2.24) is 0 Å². The van der Waals surface area contributed by atoms with Gasteiger partial charge in [0.25, 0.3) is 0 Å². The number of hydrogen-bond acceptors (Lipinski definition) is 2. The molecular formula is C6H11NO4. The van der Waals surface area contributed by atoms with Crippen LogP contribution in [0.5, 0.6) is 0 Å². The molecule has 5 heteroatoms. The van der Waals surface area contributed by atoms with Gasteiger partial charge < -0.3 is 21.8 Å². The summed E-state index contributed by atoms with van der Waals surface area (Å²) in [6, 6.07) is 0. The van der Waals surface area contributed by atoms with Crippen LogP contribution in [-0.2, 0) is 4.79 Å². The van der Waals surface area contributed by atoms with E-state index < -0.39 is 0 Å². The summed E-state index contributed by atoms with van der Waals surface area (Å²) in [5.41, 5.74) is 0.379. The van der Waals surface area contributed by atoms with Crippen molar-refractivity contribution in [1.29, 1.82) is 5.41 Å². The largest absolute Gasteiger partial charge is 0.412 e. The second kappa shape index (κ2) is 6.81. The van der Waals surface area contributed by atoms with Crippen molar-refractivity contribution < 1.29 is 21.2 Å². The van der Waals surface area contributed by atoms with E-state index in [2.05, 4.69) is 0 Å². The van der Waals surface area contributed by atoms with Crippen molar-refractivity contribution in [3.8, 4) is 0 Å². The molecule has 0 atom stereocenters. The molecule has 0 saturated heterocycles. The molecule has 0 spiro atoms. The van der Waals surface area contributed by atoms with E-state index in [9.17, 15) is 4.79 Å². The second-order valence-corrected chi connectivity index (χ2v) is 1.52. The van der Waals surface area contributed by atoms with E-state index in [0.717, 1.165) is 0 Å². The van der Waals surface area contributed by atoms with Gasteiger partial charge in [-0.3, -0.25) is 4.79 Å². The first kappa shape index (κ1) is 16.4. The van der Waals surface area contributed by atoms with Crippen LogP contribution >= 0.6 is 0 Å². The van der Waals surface area contributed by atoms with Gasteiger partial charge in [0.15, 0.2) is 5.78 Å². The summed E-state index contributed by atoms with van der Waals surface area (Å²) >= 11 is 0. The van der Waals surface area contributed by atoms with Crippen LogP contribution in [-0.4, -0.2) is 27.9 Å². The molecule has 1 aliphatic rings. The Labute approximate surface area is 63.5 Å². The molecular weight excluding hydrogens is 150 g/mol. The number of carbonyl (C=O) groups is 1. The number of ketones is 1. The van der Waals surface area contributed by atoms with E-state index in [1.807, 2.05) is 0 Å². The minimum atomic E-state index is -0.0407. The van der Waals surface area contributed by atoms with E-state index >= 15 is 0 Å². The zero-order valence-corrected chi connectivity index (χ0v) is 5.72. The van der Waals surface area contributed by atoms with Gasteiger partial charge in [-0.05, 0) is 24.3 Å². The van der Waals surface area contributed by atoms with Crippen molar-refractivity contribution in [3.63, 3.8) is 0 Å². The lowest BCUT2D eigenvalue weighted by Gasteiger charge is -1.90. The molecule has 0 heterocycles. The zero-order chi connectivity index (χ0) is 5.98. The van der Waals surface area contributed by atoms with E-state index in [0.29, 0.717) is 5.71 Å². The Morgan fingerprint density at radius 2 is 1.27 bits per heavy atom. The number of allylic oxidation sites excluding steroid dienone is 4. The van der Waals surface area contributed by atoms with Crippen LogP contribution in [0.2, 0.25) is 0 Å². The molecule has 0 aromatic carbocycles. The molecule has 64 valence electrons. The standard InChI is InChI=1S/C6H5NO.3H2O/c7-5-1-3-6(8)4-2-5;;;/h1-4,7H;3*1H2. The van der Waals surface area contributed by atoms with Gasteiger partial charge in [0.05, 0.1) is 5.71 Å². The van der Waals surface area contributed by atoms with Gasteiger partial charge in [-0.25, -0.2) is 0 Å². The monoisotopic (exact) mass is 161 g/mol. The van der Waals surface area contributed by atoms with E-state index in [4.69, 9.17) is 5.41 Å². The summed E-state index contributed by atoms with van der Waals surface area (Å²) in [7, 11) is 0. The highest BCUT2D eigenvalue weighted by Gasteiger charge is 1.94. The number of hydrogen-bond donors (Lipinski definition) is 1. The molecule has 0 amide bonds. The topological polar surface area (TPSA) is 135 Å². The van der Waals surface area contributed by atoms with Crippen molar-refractivity contribution in [2.24, 2.45) is 0 Å². The smallest absolute Gasteiger partial charge is 0.178 e. The fraction of sp³-hybridized carbons (Fsp3) is 0. The first-order valence-electron chi connectivity index (χ1n) is 2.28. The third-order valence-electron chi connectivity index (χ3n) is 0.854. The van der Waals surface area contributed by atoms with Crippen molar-refractivity contribution in [2.75, 3.05) is 0 Å². The fourth-order valence-electron chi connectivity index (χ4n) is 0.455. The first-order valence-corrected chi connectivity index (χ1v) is 2.28. The lowest BCUT2D eigenvalue weighted by atomic mass is 10.2. The zero-order valence-electron chi connectivity index (χ0n) is 5.72. The molecule has 0 fully saturated rings. The van der Waals surface area contributed by atoms with E-state index in [1.54, 1.807) is 0 Å². The summed E-state index contributed by atoms with van der Waals surface area (Å²) in [4.78, 5) is 10.3. The van der Waals surface area contributed by atoms with Gasteiger partial charge in [0.2, 0.25) is 0 Å². The molecule has 5 nitrogen and oxygen atoms in total. The van der Waals surface area contributed by atoms with Crippen molar-refractivity contribution >= 4 is 11.5 Å². The van der Waals surface area contributed by atoms with Crippen molar-refractivity contribution in [2.45, 2.75) is 0 Å². The molecule has 0 saturated carbocycles. The molecule has 0 aromatic rings. The molecule has 7 N–H and O–H groups in total. The quantitative estimate of drug-likeness (QED) is 0.413. The Balaban J connectivity index is -0.000000213. The highest BCUT2D eigenvalue weighted by molar-refractivity contribution is 6.15. The highest BCUT2D eigenvalue weighted by Crippen LogP contribution is 1.91. The van der Waals surface area contributed by atoms with Gasteiger partial charge in [0.1, 0.15) is 0 Å². The predicted octanol–water partition coefficient (Wildman–Crippen LogP) is -1.77. The summed E-state index contributed by atoms with van der Waals surface area (Å²) in [6.07, 6.45) is 5.70. The Kier molecular flexibility index (Phi) is 10.1. The third kappa shape index (κ3) is 5.16. The summed E-state index contributed by atoms with van der Waals surface area (Å²) in [6.45, 7) is 0. The van der Waals surface area contributed by atoms with Crippen LogP contribution < -0.4 is 0 Å². The molecule has 0 bridgehead atoms. The number of nitrogens with one attached hydrogen (secondary N) is 1. The van der Waals surface area contributed by atoms with Gasteiger partial charge in [-0.15, -0.1) is 0 Å². The summed E-state index contributed by atoms with van der Waals surface area (Å²) in [5, 5.41) is 6.95. The molecule has 0 aliphatic heterocycles. The molecule has 11 heavy (non-hydrogen) atoms. The van der Waals surface area contributed by atoms with E-state index in [1.165, 1.54) is 24.3 Å². The first-order chi connectivity index (χ1) is 3.79. The van der Waals surface area contributed by atoms with Crippen molar-refractivity contribution in [3.05, 3.63) is 24.3 Å². The Morgan fingerprint density at radius 1 is 0.909 bits per heavy atom. The Bertz CT molecular complexity index is 157. The Morgan fingerprint density at radius 3 is 1.55 bits per heavy atom. The average molecular weight is 161 g/mol. The molecule has 1 aliphatic carbocycles. The lowest BCUT2D eigenvalue weighted by molar-refractivity contribution is -0.110. The molecule has 0 unspecified atom stereocenters.